The van der Waals surface area contributed by atoms with Crippen LogP contribution in [0.15, 0.2) is 53.0 Å². The van der Waals surface area contributed by atoms with Crippen molar-refractivity contribution < 1.29 is 14.0 Å². The highest BCUT2D eigenvalue weighted by Crippen LogP contribution is 2.18. The summed E-state index contributed by atoms with van der Waals surface area (Å²) in [5.74, 6) is -1.20. The van der Waals surface area contributed by atoms with Crippen LogP contribution in [0.1, 0.15) is 17.3 Å². The highest BCUT2D eigenvalue weighted by Gasteiger charge is 2.13. The van der Waals surface area contributed by atoms with Crippen molar-refractivity contribution in [2.45, 2.75) is 6.92 Å². The summed E-state index contributed by atoms with van der Waals surface area (Å²) in [5.41, 5.74) is 0.728. The number of rotatable bonds is 5. The molecule has 2 aromatic rings. The Bertz CT molecular complexity index is 704. The van der Waals surface area contributed by atoms with Crippen molar-refractivity contribution in [3.05, 3.63) is 64.4 Å². The quantitative estimate of drug-likeness (QED) is 0.866. The second-order valence-electron chi connectivity index (χ2n) is 4.88. The van der Waals surface area contributed by atoms with E-state index in [1.165, 1.54) is 25.1 Å². The van der Waals surface area contributed by atoms with E-state index >= 15 is 0 Å². The van der Waals surface area contributed by atoms with E-state index in [2.05, 4.69) is 21.2 Å². The number of benzene rings is 2. The van der Waals surface area contributed by atoms with Gasteiger partial charge >= 0.3 is 0 Å². The highest BCUT2D eigenvalue weighted by atomic mass is 79.9. The molecule has 0 saturated carbocycles. The Kier molecular flexibility index (Phi) is 5.87. The summed E-state index contributed by atoms with van der Waals surface area (Å²) >= 11 is 3.34. The average molecular weight is 379 g/mol. The third-order valence-electron chi connectivity index (χ3n) is 3.26. The van der Waals surface area contributed by atoms with E-state index in [1.807, 2.05) is 24.3 Å². The lowest BCUT2D eigenvalue weighted by Crippen LogP contribution is -2.37. The third kappa shape index (κ3) is 4.63. The van der Waals surface area contributed by atoms with Crippen LogP contribution in [0.4, 0.5) is 10.1 Å². The number of carbonyl (C=O) groups is 2. The average Bonchev–Trinajstić information content (AvgIpc) is 2.52. The zero-order valence-corrected chi connectivity index (χ0v) is 14.1. The van der Waals surface area contributed by atoms with Gasteiger partial charge in [0.1, 0.15) is 5.82 Å². The van der Waals surface area contributed by atoms with E-state index in [0.717, 1.165) is 10.2 Å². The normalized spacial score (nSPS) is 10.2. The second-order valence-corrected chi connectivity index (χ2v) is 5.80. The van der Waals surface area contributed by atoms with Crippen molar-refractivity contribution in [2.24, 2.45) is 0 Å². The summed E-state index contributed by atoms with van der Waals surface area (Å²) in [4.78, 5) is 25.3. The van der Waals surface area contributed by atoms with Gasteiger partial charge in [0.05, 0.1) is 5.56 Å². The number of nitrogens with zero attached hydrogens (tertiary/aromatic N) is 1. The SMILES string of the molecule is CC(=O)N(CCNC(=O)c1ccccc1F)c1ccc(Br)cc1. The number of amides is 2. The van der Waals surface area contributed by atoms with Crippen LogP contribution in [-0.4, -0.2) is 24.9 Å². The molecule has 0 radical (unpaired) electrons. The lowest BCUT2D eigenvalue weighted by molar-refractivity contribution is -0.116. The molecule has 0 fully saturated rings. The summed E-state index contributed by atoms with van der Waals surface area (Å²) in [6.07, 6.45) is 0. The molecule has 0 atom stereocenters. The molecule has 0 unspecified atom stereocenters. The van der Waals surface area contributed by atoms with Gasteiger partial charge < -0.3 is 10.2 Å². The Balaban J connectivity index is 1.97. The number of anilines is 1. The first-order valence-corrected chi connectivity index (χ1v) is 7.84. The topological polar surface area (TPSA) is 49.4 Å². The van der Waals surface area contributed by atoms with Crippen LogP contribution in [-0.2, 0) is 4.79 Å². The van der Waals surface area contributed by atoms with Gasteiger partial charge in [-0.1, -0.05) is 28.1 Å². The molecule has 1 N–H and O–H groups in total. The van der Waals surface area contributed by atoms with Gasteiger partial charge in [-0.3, -0.25) is 9.59 Å². The maximum Gasteiger partial charge on any atom is 0.254 e. The molecule has 0 aliphatic heterocycles. The van der Waals surface area contributed by atoms with Crippen molar-refractivity contribution in [3.63, 3.8) is 0 Å². The van der Waals surface area contributed by atoms with E-state index in [1.54, 1.807) is 11.0 Å². The first-order chi connectivity index (χ1) is 11.0. The van der Waals surface area contributed by atoms with Gasteiger partial charge in [0.2, 0.25) is 5.91 Å². The number of carbonyl (C=O) groups excluding carboxylic acids is 2. The van der Waals surface area contributed by atoms with E-state index in [0.29, 0.717) is 6.54 Å². The smallest absolute Gasteiger partial charge is 0.254 e. The molecular weight excluding hydrogens is 363 g/mol. The standard InChI is InChI=1S/C17H16BrFN2O2/c1-12(22)21(14-8-6-13(18)7-9-14)11-10-20-17(23)15-4-2-3-5-16(15)19/h2-9H,10-11H2,1H3,(H,20,23). The van der Waals surface area contributed by atoms with Crippen LogP contribution in [0.25, 0.3) is 0 Å². The van der Waals surface area contributed by atoms with Gasteiger partial charge in [0, 0.05) is 30.2 Å². The zero-order valence-electron chi connectivity index (χ0n) is 12.6. The predicted molar refractivity (Wildman–Crippen MR) is 90.9 cm³/mol. The molecule has 0 aromatic heterocycles. The lowest BCUT2D eigenvalue weighted by Gasteiger charge is -2.21. The van der Waals surface area contributed by atoms with Crippen LogP contribution >= 0.6 is 15.9 Å². The number of hydrogen-bond acceptors (Lipinski definition) is 2. The molecule has 0 spiro atoms. The van der Waals surface area contributed by atoms with E-state index in [9.17, 15) is 14.0 Å². The van der Waals surface area contributed by atoms with Crippen molar-refractivity contribution in [3.8, 4) is 0 Å². The van der Waals surface area contributed by atoms with Gasteiger partial charge in [-0.25, -0.2) is 4.39 Å². The molecule has 0 aliphatic rings. The van der Waals surface area contributed by atoms with Crippen LogP contribution in [0.5, 0.6) is 0 Å². The molecule has 2 rings (SSSR count). The number of hydrogen-bond donors (Lipinski definition) is 1. The van der Waals surface area contributed by atoms with Crippen LogP contribution in [0, 0.1) is 5.82 Å². The van der Waals surface area contributed by atoms with Crippen molar-refractivity contribution >= 4 is 33.4 Å². The van der Waals surface area contributed by atoms with Crippen molar-refractivity contribution in [2.75, 3.05) is 18.0 Å². The summed E-state index contributed by atoms with van der Waals surface area (Å²) in [5, 5.41) is 2.62. The zero-order chi connectivity index (χ0) is 16.8. The highest BCUT2D eigenvalue weighted by molar-refractivity contribution is 9.10. The summed E-state index contributed by atoms with van der Waals surface area (Å²) in [7, 11) is 0. The van der Waals surface area contributed by atoms with Gasteiger partial charge in [-0.15, -0.1) is 0 Å². The van der Waals surface area contributed by atoms with E-state index in [-0.39, 0.29) is 18.0 Å². The molecule has 6 heteroatoms. The summed E-state index contributed by atoms with van der Waals surface area (Å²) in [6, 6.07) is 13.1. The molecule has 0 heterocycles. The largest absolute Gasteiger partial charge is 0.350 e. The van der Waals surface area contributed by atoms with E-state index in [4.69, 9.17) is 0 Å². The first-order valence-electron chi connectivity index (χ1n) is 7.05. The molecular formula is C17H16BrFN2O2. The maximum absolute atomic E-state index is 13.5. The molecule has 2 amide bonds. The number of nitrogens with one attached hydrogen (secondary N) is 1. The fourth-order valence-corrected chi connectivity index (χ4v) is 2.38. The molecule has 4 nitrogen and oxygen atoms in total. The minimum absolute atomic E-state index is 0.00878. The second kappa shape index (κ2) is 7.87. The van der Waals surface area contributed by atoms with E-state index < -0.39 is 11.7 Å². The van der Waals surface area contributed by atoms with Crippen molar-refractivity contribution in [1.82, 2.24) is 5.32 Å². The molecule has 2 aromatic carbocycles. The molecule has 0 aliphatic carbocycles. The van der Waals surface area contributed by atoms with Crippen LogP contribution in [0.2, 0.25) is 0 Å². The minimum Gasteiger partial charge on any atom is -0.350 e. The molecule has 120 valence electrons. The summed E-state index contributed by atoms with van der Waals surface area (Å²) < 4.78 is 14.4. The number of halogens is 2. The Morgan fingerprint density at radius 1 is 1.13 bits per heavy atom. The van der Waals surface area contributed by atoms with Crippen LogP contribution < -0.4 is 10.2 Å². The maximum atomic E-state index is 13.5. The minimum atomic E-state index is -0.568. The lowest BCUT2D eigenvalue weighted by atomic mass is 10.2. The van der Waals surface area contributed by atoms with Crippen molar-refractivity contribution in [1.29, 1.82) is 0 Å². The fourth-order valence-electron chi connectivity index (χ4n) is 2.11. The molecule has 0 saturated heterocycles. The molecule has 0 bridgehead atoms. The van der Waals surface area contributed by atoms with Gasteiger partial charge in [0.15, 0.2) is 0 Å². The first kappa shape index (κ1) is 17.1. The van der Waals surface area contributed by atoms with Gasteiger partial charge in [-0.2, -0.15) is 0 Å². The Morgan fingerprint density at radius 2 is 1.78 bits per heavy atom. The Morgan fingerprint density at radius 3 is 2.39 bits per heavy atom. The Hall–Kier alpha value is -2.21. The fraction of sp³-hybridized carbons (Fsp3) is 0.176. The molecule has 23 heavy (non-hydrogen) atoms. The van der Waals surface area contributed by atoms with Gasteiger partial charge in [0.25, 0.3) is 5.91 Å². The van der Waals surface area contributed by atoms with Gasteiger partial charge in [-0.05, 0) is 36.4 Å². The predicted octanol–water partition coefficient (Wildman–Crippen LogP) is 3.37. The third-order valence-corrected chi connectivity index (χ3v) is 3.79. The summed E-state index contributed by atoms with van der Waals surface area (Å²) in [6.45, 7) is 1.99. The van der Waals surface area contributed by atoms with Crippen LogP contribution in [0.3, 0.4) is 0 Å². The Labute approximate surface area is 142 Å². The monoisotopic (exact) mass is 378 g/mol.